The Kier molecular flexibility index (Phi) is 6.09. The van der Waals surface area contributed by atoms with E-state index >= 15 is 0 Å². The predicted octanol–water partition coefficient (Wildman–Crippen LogP) is 3.18. The van der Waals surface area contributed by atoms with Crippen LogP contribution in [0.4, 0.5) is 10.5 Å². The zero-order valence-corrected chi connectivity index (χ0v) is 17.2. The molecule has 1 aliphatic rings. The van der Waals surface area contributed by atoms with Gasteiger partial charge in [-0.05, 0) is 50.1 Å². The van der Waals surface area contributed by atoms with Crippen LogP contribution in [0.15, 0.2) is 59.5 Å². The second-order valence-electron chi connectivity index (χ2n) is 7.84. The van der Waals surface area contributed by atoms with E-state index in [2.05, 4.69) is 20.5 Å². The molecule has 0 radical (unpaired) electrons. The van der Waals surface area contributed by atoms with Crippen molar-refractivity contribution in [2.45, 2.75) is 38.8 Å². The molecule has 0 aliphatic carbocycles. The van der Waals surface area contributed by atoms with Crippen LogP contribution in [0.1, 0.15) is 30.5 Å². The summed E-state index contributed by atoms with van der Waals surface area (Å²) in [6.45, 7) is 4.05. The summed E-state index contributed by atoms with van der Waals surface area (Å²) in [4.78, 5) is 31.7. The number of amides is 2. The molecule has 30 heavy (non-hydrogen) atoms. The zero-order chi connectivity index (χ0) is 20.9. The fourth-order valence-corrected chi connectivity index (χ4v) is 3.95. The molecule has 3 aromatic rings. The van der Waals surface area contributed by atoms with Crippen LogP contribution in [-0.4, -0.2) is 39.4 Å². The maximum absolute atomic E-state index is 12.5. The number of benzene rings is 1. The van der Waals surface area contributed by atoms with Crippen molar-refractivity contribution in [2.24, 2.45) is 0 Å². The number of rotatable bonds is 5. The van der Waals surface area contributed by atoms with Gasteiger partial charge in [0, 0.05) is 37.1 Å². The zero-order valence-electron chi connectivity index (χ0n) is 17.2. The maximum atomic E-state index is 12.5. The first-order chi connectivity index (χ1) is 14.6. The molecular formula is C23H27N5O2. The van der Waals surface area contributed by atoms with Gasteiger partial charge in [-0.2, -0.15) is 0 Å². The molecule has 1 aromatic carbocycles. The van der Waals surface area contributed by atoms with E-state index in [0.717, 1.165) is 42.8 Å². The van der Waals surface area contributed by atoms with E-state index in [0.29, 0.717) is 18.7 Å². The molecule has 1 aliphatic heterocycles. The van der Waals surface area contributed by atoms with Crippen molar-refractivity contribution in [1.29, 1.82) is 0 Å². The number of carbonyl (C=O) groups excluding carboxylic acids is 1. The van der Waals surface area contributed by atoms with Crippen LogP contribution in [0, 0.1) is 6.92 Å². The lowest BCUT2D eigenvalue weighted by Gasteiger charge is -2.35. The number of urea groups is 1. The summed E-state index contributed by atoms with van der Waals surface area (Å²) in [6.07, 6.45) is 5.07. The van der Waals surface area contributed by atoms with Gasteiger partial charge in [-0.15, -0.1) is 0 Å². The number of pyridine rings is 1. The van der Waals surface area contributed by atoms with Crippen molar-refractivity contribution >= 4 is 17.4 Å². The van der Waals surface area contributed by atoms with Gasteiger partial charge in [0.05, 0.1) is 5.69 Å². The summed E-state index contributed by atoms with van der Waals surface area (Å²) in [7, 11) is 0. The number of piperidine rings is 1. The molecule has 1 unspecified atom stereocenters. The summed E-state index contributed by atoms with van der Waals surface area (Å²) in [5, 5.41) is 5.84. The van der Waals surface area contributed by atoms with Crippen LogP contribution >= 0.6 is 0 Å². The quantitative estimate of drug-likeness (QED) is 0.683. The van der Waals surface area contributed by atoms with Gasteiger partial charge >= 0.3 is 6.03 Å². The summed E-state index contributed by atoms with van der Waals surface area (Å²) < 4.78 is 1.59. The van der Waals surface area contributed by atoms with Crippen LogP contribution in [0.25, 0.3) is 5.65 Å². The fraction of sp³-hybridized carbons (Fsp3) is 0.348. The van der Waals surface area contributed by atoms with Gasteiger partial charge in [-0.3, -0.25) is 14.1 Å². The third-order valence-corrected chi connectivity index (χ3v) is 5.50. The normalized spacial score (nSPS) is 17.0. The number of likely N-dealkylation sites (tertiary alicyclic amines) is 1. The Balaban J connectivity index is 1.41. The molecule has 0 spiro atoms. The number of nitrogens with zero attached hydrogens (tertiary/aromatic N) is 3. The minimum atomic E-state index is -0.204. The minimum Gasteiger partial charge on any atom is -0.336 e. The molecule has 1 atom stereocenters. The molecule has 1 fully saturated rings. The molecular weight excluding hydrogens is 378 g/mol. The van der Waals surface area contributed by atoms with Crippen LogP contribution < -0.4 is 16.2 Å². The minimum absolute atomic E-state index is 0.0624. The first kappa shape index (κ1) is 20.1. The molecule has 2 N–H and O–H groups in total. The number of fused-ring (bicyclic) bond motifs is 1. The third-order valence-electron chi connectivity index (χ3n) is 5.50. The monoisotopic (exact) mass is 405 g/mol. The Morgan fingerprint density at radius 3 is 2.83 bits per heavy atom. The number of para-hydroxylation sites is 1. The first-order valence-electron chi connectivity index (χ1n) is 10.4. The third kappa shape index (κ3) is 4.86. The Morgan fingerprint density at radius 1 is 1.17 bits per heavy atom. The van der Waals surface area contributed by atoms with E-state index in [-0.39, 0.29) is 17.6 Å². The van der Waals surface area contributed by atoms with Gasteiger partial charge < -0.3 is 10.6 Å². The van der Waals surface area contributed by atoms with E-state index in [4.69, 9.17) is 0 Å². The molecule has 7 heteroatoms. The molecule has 4 rings (SSSR count). The molecule has 156 valence electrons. The lowest BCUT2D eigenvalue weighted by molar-refractivity contribution is 0.137. The van der Waals surface area contributed by atoms with Gasteiger partial charge in [-0.25, -0.2) is 9.78 Å². The van der Waals surface area contributed by atoms with Crippen LogP contribution in [0.3, 0.4) is 0 Å². The highest BCUT2D eigenvalue weighted by atomic mass is 16.2. The van der Waals surface area contributed by atoms with Crippen molar-refractivity contribution in [1.82, 2.24) is 19.6 Å². The maximum Gasteiger partial charge on any atom is 0.319 e. The number of hydrogen-bond donors (Lipinski definition) is 2. The lowest BCUT2D eigenvalue weighted by atomic mass is 10.0. The summed E-state index contributed by atoms with van der Waals surface area (Å²) >= 11 is 0. The van der Waals surface area contributed by atoms with Gasteiger partial charge in [0.1, 0.15) is 5.65 Å². The van der Waals surface area contributed by atoms with Gasteiger partial charge in [0.15, 0.2) is 0 Å². The highest BCUT2D eigenvalue weighted by molar-refractivity contribution is 5.89. The second-order valence-corrected chi connectivity index (χ2v) is 7.84. The number of hydrogen-bond acceptors (Lipinski definition) is 4. The number of aryl methyl sites for hydroxylation is 1. The topological polar surface area (TPSA) is 78.7 Å². The SMILES string of the molecule is Cc1ccc2nc(CN3CCCCC3CNC(=O)Nc3ccccc3)cc(=O)n2c1. The van der Waals surface area contributed by atoms with Crippen molar-refractivity contribution in [3.8, 4) is 0 Å². The molecule has 3 heterocycles. The van der Waals surface area contributed by atoms with Crippen LogP contribution in [0.2, 0.25) is 0 Å². The average Bonchev–Trinajstić information content (AvgIpc) is 2.74. The van der Waals surface area contributed by atoms with E-state index < -0.39 is 0 Å². The fourth-order valence-electron chi connectivity index (χ4n) is 3.95. The first-order valence-corrected chi connectivity index (χ1v) is 10.4. The van der Waals surface area contributed by atoms with Crippen molar-refractivity contribution in [3.05, 3.63) is 76.3 Å². The number of nitrogens with one attached hydrogen (secondary N) is 2. The molecule has 0 saturated carbocycles. The molecule has 0 bridgehead atoms. The van der Waals surface area contributed by atoms with Crippen LogP contribution in [0.5, 0.6) is 0 Å². The smallest absolute Gasteiger partial charge is 0.319 e. The van der Waals surface area contributed by atoms with Gasteiger partial charge in [0.2, 0.25) is 0 Å². The number of carbonyl (C=O) groups is 1. The summed E-state index contributed by atoms with van der Waals surface area (Å²) in [5.74, 6) is 0. The Labute approximate surface area is 175 Å². The van der Waals surface area contributed by atoms with Gasteiger partial charge in [-0.1, -0.05) is 30.7 Å². The second kappa shape index (κ2) is 9.09. The predicted molar refractivity (Wildman–Crippen MR) is 118 cm³/mol. The average molecular weight is 406 g/mol. The van der Waals surface area contributed by atoms with Crippen molar-refractivity contribution in [3.63, 3.8) is 0 Å². The van der Waals surface area contributed by atoms with E-state index in [1.165, 1.54) is 0 Å². The Hall–Kier alpha value is -3.19. The Morgan fingerprint density at radius 2 is 2.00 bits per heavy atom. The molecule has 7 nitrogen and oxygen atoms in total. The highest BCUT2D eigenvalue weighted by Gasteiger charge is 2.23. The summed E-state index contributed by atoms with van der Waals surface area (Å²) in [6, 6.07) is 14.9. The molecule has 2 amide bonds. The number of aromatic nitrogens is 2. The van der Waals surface area contributed by atoms with Crippen molar-refractivity contribution < 1.29 is 4.79 Å². The van der Waals surface area contributed by atoms with E-state index in [1.54, 1.807) is 10.5 Å². The van der Waals surface area contributed by atoms with E-state index in [9.17, 15) is 9.59 Å². The Bertz CT molecular complexity index is 1080. The summed E-state index contributed by atoms with van der Waals surface area (Å²) in [5.41, 5.74) is 3.16. The largest absolute Gasteiger partial charge is 0.336 e. The molecule has 2 aromatic heterocycles. The highest BCUT2D eigenvalue weighted by Crippen LogP contribution is 2.19. The van der Waals surface area contributed by atoms with E-state index in [1.807, 2.05) is 55.6 Å². The standard InChI is InChI=1S/C23H27N5O2/c1-17-10-11-21-25-19(13-22(29)28(21)15-17)16-27-12-6-5-9-20(27)14-24-23(30)26-18-7-3-2-4-8-18/h2-4,7-8,10-11,13,15,20H,5-6,9,12,14,16H2,1H3,(H2,24,26,30). The van der Waals surface area contributed by atoms with Gasteiger partial charge in [0.25, 0.3) is 5.56 Å². The molecule has 1 saturated heterocycles. The van der Waals surface area contributed by atoms with Crippen molar-refractivity contribution in [2.75, 3.05) is 18.4 Å². The number of anilines is 1. The lowest BCUT2D eigenvalue weighted by Crippen LogP contribution is -2.47. The van der Waals surface area contributed by atoms with Crippen LogP contribution in [-0.2, 0) is 6.54 Å².